The molecule has 0 unspecified atom stereocenters. The molecule has 2 aliphatic rings. The highest BCUT2D eigenvalue weighted by molar-refractivity contribution is 5.91. The third-order valence-electron chi connectivity index (χ3n) is 14.9. The van der Waals surface area contributed by atoms with Crippen molar-refractivity contribution in [3.63, 3.8) is 0 Å². The number of rotatable bonds is 7. The Morgan fingerprint density at radius 3 is 1.35 bits per heavy atom. The van der Waals surface area contributed by atoms with Crippen LogP contribution in [0.3, 0.4) is 0 Å². The summed E-state index contributed by atoms with van der Waals surface area (Å²) in [7, 11) is 0. The fourth-order valence-corrected chi connectivity index (χ4v) is 10.5. The molecule has 2 heteroatoms. The second-order valence-corrected chi connectivity index (χ2v) is 23.8. The zero-order chi connectivity index (χ0) is 45.5. The van der Waals surface area contributed by atoms with Crippen LogP contribution in [-0.4, -0.2) is 0 Å². The van der Waals surface area contributed by atoms with E-state index in [9.17, 15) is 0 Å². The maximum atomic E-state index is 2.57. The van der Waals surface area contributed by atoms with Gasteiger partial charge in [0.1, 0.15) is 0 Å². The van der Waals surface area contributed by atoms with Gasteiger partial charge >= 0.3 is 0 Å². The number of benzene rings is 6. The Kier molecular flexibility index (Phi) is 11.0. The lowest BCUT2D eigenvalue weighted by Gasteiger charge is -2.43. The Labute approximate surface area is 381 Å². The maximum Gasteiger partial charge on any atom is 0.0540 e. The molecule has 0 fully saturated rings. The summed E-state index contributed by atoms with van der Waals surface area (Å²) in [5, 5.41) is 0. The van der Waals surface area contributed by atoms with Crippen LogP contribution in [0.5, 0.6) is 0 Å². The Morgan fingerprint density at radius 2 is 0.841 bits per heavy atom. The molecule has 0 N–H and O–H groups in total. The van der Waals surface area contributed by atoms with Crippen LogP contribution in [0.1, 0.15) is 162 Å². The summed E-state index contributed by atoms with van der Waals surface area (Å²) in [4.78, 5) is 5.09. The van der Waals surface area contributed by atoms with E-state index in [1.807, 2.05) is 0 Å². The van der Waals surface area contributed by atoms with Gasteiger partial charge in [-0.2, -0.15) is 0 Å². The lowest BCUT2D eigenvalue weighted by Crippen LogP contribution is -2.34. The fraction of sp³-hybridized carbons (Fsp3) is 0.410. The number of hydrogen-bond donors (Lipinski definition) is 0. The first-order valence-corrected chi connectivity index (χ1v) is 23.7. The molecule has 0 aliphatic heterocycles. The van der Waals surface area contributed by atoms with E-state index < -0.39 is 0 Å². The zero-order valence-electron chi connectivity index (χ0n) is 41.3. The van der Waals surface area contributed by atoms with E-state index in [1.165, 1.54) is 92.8 Å². The van der Waals surface area contributed by atoms with Crippen LogP contribution in [0.2, 0.25) is 0 Å². The number of fused-ring (bicyclic) bond motifs is 2. The quantitative estimate of drug-likeness (QED) is 0.158. The maximum absolute atomic E-state index is 2.57. The third-order valence-corrected chi connectivity index (χ3v) is 14.9. The largest absolute Gasteiger partial charge is 0.310 e. The van der Waals surface area contributed by atoms with Crippen LogP contribution in [0.4, 0.5) is 34.1 Å². The van der Waals surface area contributed by atoms with Crippen LogP contribution in [-0.2, 0) is 32.5 Å². The second kappa shape index (κ2) is 15.6. The summed E-state index contributed by atoms with van der Waals surface area (Å²) in [5.41, 5.74) is 19.6. The van der Waals surface area contributed by atoms with Gasteiger partial charge in [-0.05, 0) is 176 Å². The van der Waals surface area contributed by atoms with Crippen molar-refractivity contribution in [1.82, 2.24) is 0 Å². The minimum atomic E-state index is -0.0157. The van der Waals surface area contributed by atoms with Crippen molar-refractivity contribution in [3.8, 4) is 11.1 Å². The Hall–Kier alpha value is -5.08. The van der Waals surface area contributed by atoms with E-state index >= 15 is 0 Å². The molecule has 0 spiro atoms. The normalized spacial score (nSPS) is 17.4. The van der Waals surface area contributed by atoms with Crippen LogP contribution in [0.15, 0.2) is 127 Å². The highest BCUT2D eigenvalue weighted by Gasteiger charge is 2.39. The van der Waals surface area contributed by atoms with E-state index in [0.717, 1.165) is 17.1 Å². The molecule has 2 nitrogen and oxygen atoms in total. The van der Waals surface area contributed by atoms with Gasteiger partial charge in [0.05, 0.1) is 5.69 Å². The van der Waals surface area contributed by atoms with Gasteiger partial charge in [-0.25, -0.2) is 0 Å². The molecule has 0 radical (unpaired) electrons. The van der Waals surface area contributed by atoms with Gasteiger partial charge in [0.25, 0.3) is 0 Å². The predicted molar refractivity (Wildman–Crippen MR) is 274 cm³/mol. The highest BCUT2D eigenvalue weighted by atomic mass is 15.2. The molecule has 0 amide bonds. The molecule has 0 saturated heterocycles. The minimum Gasteiger partial charge on any atom is -0.310 e. The average molecular weight is 835 g/mol. The Morgan fingerprint density at radius 1 is 0.381 bits per heavy atom. The number of anilines is 6. The van der Waals surface area contributed by atoms with Gasteiger partial charge < -0.3 is 9.80 Å². The van der Waals surface area contributed by atoms with Gasteiger partial charge in [-0.3, -0.25) is 0 Å². The average Bonchev–Trinajstić information content (AvgIpc) is 3.21. The molecule has 0 bridgehead atoms. The molecule has 6 aromatic carbocycles. The first-order valence-electron chi connectivity index (χ1n) is 23.7. The van der Waals surface area contributed by atoms with Gasteiger partial charge in [0.15, 0.2) is 0 Å². The van der Waals surface area contributed by atoms with Gasteiger partial charge in [0, 0.05) is 34.0 Å². The van der Waals surface area contributed by atoms with Crippen LogP contribution >= 0.6 is 0 Å². The molecule has 0 atom stereocenters. The van der Waals surface area contributed by atoms with Gasteiger partial charge in [0.2, 0.25) is 0 Å². The highest BCUT2D eigenvalue weighted by Crippen LogP contribution is 2.52. The molecular formula is C61H74N2. The Bertz CT molecular complexity index is 2580. The second-order valence-electron chi connectivity index (χ2n) is 23.8. The molecular weight excluding hydrogens is 761 g/mol. The molecule has 2 aliphatic carbocycles. The van der Waals surface area contributed by atoms with Crippen molar-refractivity contribution < 1.29 is 0 Å². The van der Waals surface area contributed by atoms with Gasteiger partial charge in [-0.1, -0.05) is 158 Å². The van der Waals surface area contributed by atoms with Crippen LogP contribution in [0, 0.1) is 6.92 Å². The predicted octanol–water partition coefficient (Wildman–Crippen LogP) is 17.9. The number of nitrogens with zero attached hydrogens (tertiary/aromatic N) is 2. The van der Waals surface area contributed by atoms with Crippen LogP contribution in [0.25, 0.3) is 11.1 Å². The van der Waals surface area contributed by atoms with Crippen molar-refractivity contribution in [2.24, 2.45) is 0 Å². The zero-order valence-corrected chi connectivity index (χ0v) is 41.3. The molecule has 0 saturated carbocycles. The van der Waals surface area contributed by atoms with Crippen molar-refractivity contribution >= 4 is 34.1 Å². The molecule has 328 valence electrons. The SMILES string of the molecule is Cc1cc(N(c2ccc3c(c2)C(C)(C)CCC3(C)C)c2ccc3c(c2)C(C)(C)CCC3(C)C)cc(N(c2cccc(C(C)(C)C)c2)c2ccc(C(C)(C)C)cc2-c2ccccc2)c1. The molecule has 0 aromatic heterocycles. The summed E-state index contributed by atoms with van der Waals surface area (Å²) in [6.45, 7) is 35.7. The summed E-state index contributed by atoms with van der Waals surface area (Å²) in [6, 6.07) is 49.4. The molecule has 63 heavy (non-hydrogen) atoms. The lowest BCUT2D eigenvalue weighted by atomic mass is 9.63. The first kappa shape index (κ1) is 44.5. The third kappa shape index (κ3) is 8.52. The van der Waals surface area contributed by atoms with E-state index in [1.54, 1.807) is 0 Å². The van der Waals surface area contributed by atoms with E-state index in [4.69, 9.17) is 0 Å². The van der Waals surface area contributed by atoms with Crippen molar-refractivity contribution in [1.29, 1.82) is 0 Å². The topological polar surface area (TPSA) is 6.48 Å². The minimum absolute atomic E-state index is 0.00659. The standard InChI is InChI=1S/C61H74N2/c1-41-34-48(62(46-25-27-51-53(39-46)60(12,13)32-30-58(51,8)9)47-26-28-52-54(40-47)61(14,15)33-31-59(52,10)11)38-49(35-41)63(45-23-19-22-43(36-45)56(2,3)4)55-29-24-44(57(5,6)7)37-50(55)42-20-17-16-18-21-42/h16-29,34-40H,30-33H2,1-15H3. The van der Waals surface area contributed by atoms with Crippen molar-refractivity contribution in [2.45, 2.75) is 162 Å². The smallest absolute Gasteiger partial charge is 0.0540 e. The van der Waals surface area contributed by atoms with E-state index in [2.05, 4.69) is 241 Å². The first-order chi connectivity index (χ1) is 29.4. The monoisotopic (exact) mass is 835 g/mol. The molecule has 0 heterocycles. The molecule has 6 aromatic rings. The van der Waals surface area contributed by atoms with Gasteiger partial charge in [-0.15, -0.1) is 0 Å². The number of aryl methyl sites for hydroxylation is 1. The van der Waals surface area contributed by atoms with Crippen molar-refractivity contribution in [2.75, 3.05) is 9.80 Å². The Balaban J connectivity index is 1.41. The summed E-state index contributed by atoms with van der Waals surface area (Å²) in [6.07, 6.45) is 4.74. The molecule has 8 rings (SSSR count). The lowest BCUT2D eigenvalue weighted by molar-refractivity contribution is 0.332. The fourth-order valence-electron chi connectivity index (χ4n) is 10.5. The van der Waals surface area contributed by atoms with E-state index in [-0.39, 0.29) is 32.5 Å². The summed E-state index contributed by atoms with van der Waals surface area (Å²) < 4.78 is 0. The van der Waals surface area contributed by atoms with Crippen molar-refractivity contribution in [3.05, 3.63) is 166 Å². The summed E-state index contributed by atoms with van der Waals surface area (Å²) >= 11 is 0. The van der Waals surface area contributed by atoms with E-state index in [0.29, 0.717) is 0 Å². The van der Waals surface area contributed by atoms with Crippen LogP contribution < -0.4 is 9.80 Å². The summed E-state index contributed by atoms with van der Waals surface area (Å²) in [5.74, 6) is 0. The number of hydrogen-bond acceptors (Lipinski definition) is 2.